The Morgan fingerprint density at radius 2 is 2.18 bits per heavy atom. The van der Waals surface area contributed by atoms with Gasteiger partial charge in [0.25, 0.3) is 0 Å². The molecule has 0 saturated heterocycles. The maximum absolute atomic E-state index is 11.4. The minimum absolute atomic E-state index is 0.00823. The predicted molar refractivity (Wildman–Crippen MR) is 75.1 cm³/mol. The smallest absolute Gasteiger partial charge is 0.244 e. The summed E-state index contributed by atoms with van der Waals surface area (Å²) in [6.07, 6.45) is 9.59. The van der Waals surface area contributed by atoms with Crippen LogP contribution in [0.4, 0.5) is 0 Å². The lowest BCUT2D eigenvalue weighted by atomic mass is 10.1. The van der Waals surface area contributed by atoms with E-state index in [0.717, 1.165) is 17.8 Å². The Morgan fingerprint density at radius 1 is 1.35 bits per heavy atom. The average Bonchev–Trinajstić information content (AvgIpc) is 2.84. The van der Waals surface area contributed by atoms with Crippen molar-refractivity contribution in [3.63, 3.8) is 0 Å². The second-order valence-corrected chi connectivity index (χ2v) is 5.03. The first-order valence-electron chi connectivity index (χ1n) is 6.32. The van der Waals surface area contributed by atoms with E-state index in [4.69, 9.17) is 0 Å². The third-order valence-corrected chi connectivity index (χ3v) is 3.36. The number of hydrogen-bond acceptors (Lipinski definition) is 2. The number of nitrogens with one attached hydrogen (secondary N) is 1. The van der Waals surface area contributed by atoms with E-state index in [9.17, 15) is 4.79 Å². The van der Waals surface area contributed by atoms with Crippen molar-refractivity contribution in [1.82, 2.24) is 5.32 Å². The van der Waals surface area contributed by atoms with Gasteiger partial charge in [0.05, 0.1) is 0 Å². The van der Waals surface area contributed by atoms with Gasteiger partial charge in [-0.15, -0.1) is 11.3 Å². The highest BCUT2D eigenvalue weighted by atomic mass is 32.1. The number of thiophene rings is 1. The van der Waals surface area contributed by atoms with E-state index in [-0.39, 0.29) is 5.91 Å². The molecule has 17 heavy (non-hydrogen) atoms. The summed E-state index contributed by atoms with van der Waals surface area (Å²) in [5, 5.41) is 4.91. The van der Waals surface area contributed by atoms with E-state index in [2.05, 4.69) is 12.2 Å². The number of carbonyl (C=O) groups excluding carboxylic acids is 1. The molecule has 0 atom stereocenters. The fourth-order valence-corrected chi connectivity index (χ4v) is 2.16. The fourth-order valence-electron chi connectivity index (χ4n) is 1.54. The molecule has 2 nitrogen and oxygen atoms in total. The Balaban J connectivity index is 2.05. The molecule has 0 aromatic carbocycles. The quantitative estimate of drug-likeness (QED) is 0.552. The molecule has 0 aliphatic rings. The van der Waals surface area contributed by atoms with Crippen LogP contribution in [0.2, 0.25) is 0 Å². The number of rotatable bonds is 8. The molecule has 0 radical (unpaired) electrons. The highest BCUT2D eigenvalue weighted by molar-refractivity contribution is 7.10. The van der Waals surface area contributed by atoms with Crippen molar-refractivity contribution in [2.75, 3.05) is 6.54 Å². The number of amides is 1. The lowest BCUT2D eigenvalue weighted by Crippen LogP contribution is -2.21. The van der Waals surface area contributed by atoms with Crippen molar-refractivity contribution in [2.24, 2.45) is 0 Å². The van der Waals surface area contributed by atoms with Crippen molar-refractivity contribution < 1.29 is 4.79 Å². The summed E-state index contributed by atoms with van der Waals surface area (Å²) < 4.78 is 0. The molecular formula is C14H21NOS. The molecular weight excluding hydrogens is 230 g/mol. The van der Waals surface area contributed by atoms with E-state index in [1.165, 1.54) is 25.7 Å². The van der Waals surface area contributed by atoms with Gasteiger partial charge >= 0.3 is 0 Å². The first-order chi connectivity index (χ1) is 8.33. The molecule has 0 aliphatic carbocycles. The monoisotopic (exact) mass is 251 g/mol. The molecule has 0 fully saturated rings. The van der Waals surface area contributed by atoms with Crippen LogP contribution >= 0.6 is 11.3 Å². The largest absolute Gasteiger partial charge is 0.353 e. The molecule has 1 aromatic rings. The van der Waals surface area contributed by atoms with Crippen LogP contribution in [0.15, 0.2) is 23.6 Å². The van der Waals surface area contributed by atoms with E-state index >= 15 is 0 Å². The van der Waals surface area contributed by atoms with Crippen LogP contribution < -0.4 is 5.32 Å². The molecule has 94 valence electrons. The minimum atomic E-state index is 0.00823. The highest BCUT2D eigenvalue weighted by Crippen LogP contribution is 2.09. The molecule has 1 N–H and O–H groups in total. The van der Waals surface area contributed by atoms with Crippen molar-refractivity contribution >= 4 is 23.3 Å². The van der Waals surface area contributed by atoms with Gasteiger partial charge in [0, 0.05) is 17.5 Å². The van der Waals surface area contributed by atoms with Crippen LogP contribution in [0.5, 0.6) is 0 Å². The third kappa shape index (κ3) is 6.95. The summed E-state index contributed by atoms with van der Waals surface area (Å²) in [6.45, 7) is 2.99. The van der Waals surface area contributed by atoms with Gasteiger partial charge in [0.15, 0.2) is 0 Å². The summed E-state index contributed by atoms with van der Waals surface area (Å²) in [5.41, 5.74) is 0. The second-order valence-electron chi connectivity index (χ2n) is 4.05. The molecule has 0 unspecified atom stereocenters. The number of hydrogen-bond donors (Lipinski definition) is 1. The molecule has 1 aromatic heterocycles. The summed E-state index contributed by atoms with van der Waals surface area (Å²) in [5.74, 6) is 0.00823. The number of carbonyl (C=O) groups is 1. The van der Waals surface area contributed by atoms with Crippen LogP contribution in [0, 0.1) is 0 Å². The average molecular weight is 251 g/mol. The summed E-state index contributed by atoms with van der Waals surface area (Å²) in [7, 11) is 0. The highest BCUT2D eigenvalue weighted by Gasteiger charge is 1.95. The number of unbranched alkanes of at least 4 members (excludes halogenated alkanes) is 4. The lowest BCUT2D eigenvalue weighted by molar-refractivity contribution is -0.116. The topological polar surface area (TPSA) is 29.1 Å². The summed E-state index contributed by atoms with van der Waals surface area (Å²) in [6, 6.07) is 3.98. The molecule has 1 heterocycles. The van der Waals surface area contributed by atoms with Crippen molar-refractivity contribution in [3.05, 3.63) is 28.5 Å². The Labute approximate surface area is 108 Å². The van der Waals surface area contributed by atoms with Gasteiger partial charge in [0.2, 0.25) is 5.91 Å². The zero-order chi connectivity index (χ0) is 12.3. The first-order valence-corrected chi connectivity index (χ1v) is 7.20. The molecule has 0 bridgehead atoms. The van der Waals surface area contributed by atoms with E-state index in [1.54, 1.807) is 17.4 Å². The van der Waals surface area contributed by atoms with Gasteiger partial charge in [-0.2, -0.15) is 0 Å². The van der Waals surface area contributed by atoms with Crippen LogP contribution in [0.1, 0.15) is 43.9 Å². The van der Waals surface area contributed by atoms with E-state index in [1.807, 2.05) is 23.6 Å². The van der Waals surface area contributed by atoms with Gasteiger partial charge in [-0.05, 0) is 23.9 Å². The van der Waals surface area contributed by atoms with Crippen molar-refractivity contribution in [3.8, 4) is 0 Å². The van der Waals surface area contributed by atoms with E-state index in [0.29, 0.717) is 0 Å². The van der Waals surface area contributed by atoms with Gasteiger partial charge in [-0.1, -0.05) is 38.7 Å². The van der Waals surface area contributed by atoms with Gasteiger partial charge in [0.1, 0.15) is 0 Å². The Hall–Kier alpha value is -1.09. The summed E-state index contributed by atoms with van der Waals surface area (Å²) in [4.78, 5) is 12.5. The Morgan fingerprint density at radius 3 is 2.88 bits per heavy atom. The molecule has 1 amide bonds. The molecule has 0 aliphatic heterocycles. The van der Waals surface area contributed by atoms with Gasteiger partial charge in [-0.3, -0.25) is 4.79 Å². The fraction of sp³-hybridized carbons (Fsp3) is 0.500. The third-order valence-electron chi connectivity index (χ3n) is 2.52. The normalized spacial score (nSPS) is 10.9. The predicted octanol–water partition coefficient (Wildman–Crippen LogP) is 3.85. The van der Waals surface area contributed by atoms with E-state index < -0.39 is 0 Å². The van der Waals surface area contributed by atoms with Crippen LogP contribution in [0.3, 0.4) is 0 Å². The molecule has 0 spiro atoms. The SMILES string of the molecule is CCCCCCCNC(=O)/C=C/c1cccs1. The zero-order valence-electron chi connectivity index (χ0n) is 10.4. The second kappa shape index (κ2) is 8.99. The maximum atomic E-state index is 11.4. The first kappa shape index (κ1) is 14.0. The van der Waals surface area contributed by atoms with Gasteiger partial charge in [-0.25, -0.2) is 0 Å². The lowest BCUT2D eigenvalue weighted by Gasteiger charge is -2.01. The van der Waals surface area contributed by atoms with Crippen LogP contribution in [0.25, 0.3) is 6.08 Å². The van der Waals surface area contributed by atoms with Crippen LogP contribution in [-0.4, -0.2) is 12.5 Å². The van der Waals surface area contributed by atoms with Crippen molar-refractivity contribution in [2.45, 2.75) is 39.0 Å². The van der Waals surface area contributed by atoms with Gasteiger partial charge < -0.3 is 5.32 Å². The maximum Gasteiger partial charge on any atom is 0.244 e. The Kier molecular flexibility index (Phi) is 7.39. The standard InChI is InChI=1S/C14H21NOS/c1-2-3-4-5-6-11-15-14(16)10-9-13-8-7-12-17-13/h7-10,12H,2-6,11H2,1H3,(H,15,16)/b10-9+. The molecule has 1 rings (SSSR count). The minimum Gasteiger partial charge on any atom is -0.353 e. The molecule has 3 heteroatoms. The van der Waals surface area contributed by atoms with Crippen molar-refractivity contribution in [1.29, 1.82) is 0 Å². The molecule has 0 saturated carbocycles. The zero-order valence-corrected chi connectivity index (χ0v) is 11.3. The summed E-state index contributed by atoms with van der Waals surface area (Å²) >= 11 is 1.64. The van der Waals surface area contributed by atoms with Crippen LogP contribution in [-0.2, 0) is 4.79 Å². The Bertz CT molecular complexity index is 330.